The van der Waals surface area contributed by atoms with Crippen molar-refractivity contribution < 1.29 is 18.0 Å². The average Bonchev–Trinajstić information content (AvgIpc) is 3.07. The van der Waals surface area contributed by atoms with Gasteiger partial charge in [0.25, 0.3) is 0 Å². The van der Waals surface area contributed by atoms with Crippen molar-refractivity contribution in [3.63, 3.8) is 0 Å². The van der Waals surface area contributed by atoms with Crippen molar-refractivity contribution in [2.24, 2.45) is 0 Å². The maximum absolute atomic E-state index is 12.1. The molecule has 0 atom stereocenters. The molecule has 29 heavy (non-hydrogen) atoms. The summed E-state index contributed by atoms with van der Waals surface area (Å²) in [4.78, 5) is 28.2. The van der Waals surface area contributed by atoms with Crippen molar-refractivity contribution in [1.29, 1.82) is 0 Å². The second-order valence-electron chi connectivity index (χ2n) is 6.59. The van der Waals surface area contributed by atoms with E-state index in [1.54, 1.807) is 0 Å². The van der Waals surface area contributed by atoms with Crippen LogP contribution in [0.2, 0.25) is 0 Å². The quantitative estimate of drug-likeness (QED) is 0.566. The second-order valence-corrected chi connectivity index (χ2v) is 9.96. The fourth-order valence-electron chi connectivity index (χ4n) is 2.68. The third-order valence-corrected chi connectivity index (χ3v) is 6.06. The summed E-state index contributed by atoms with van der Waals surface area (Å²) in [5, 5.41) is 5.65. The molecule has 2 N–H and O–H groups in total. The average molecular weight is 432 g/mol. The van der Waals surface area contributed by atoms with Crippen LogP contribution in [-0.2, 0) is 25.8 Å². The highest BCUT2D eigenvalue weighted by Crippen LogP contribution is 2.28. The molecule has 0 unspecified atom stereocenters. The van der Waals surface area contributed by atoms with Gasteiger partial charge < -0.3 is 10.6 Å². The number of benzene rings is 2. The molecule has 7 nitrogen and oxygen atoms in total. The Hall–Kier alpha value is -2.78. The Balaban J connectivity index is 1.54. The number of thiazole rings is 1. The minimum absolute atomic E-state index is 0.0230. The third kappa shape index (κ3) is 6.37. The number of fused-ring (bicyclic) bond motifs is 1. The fraction of sp³-hybridized carbons (Fsp3) is 0.250. The molecule has 0 aliphatic heterocycles. The Labute approximate surface area is 173 Å². The zero-order valence-electron chi connectivity index (χ0n) is 15.8. The number of nitrogens with one attached hydrogen (secondary N) is 2. The molecule has 0 aliphatic carbocycles. The minimum Gasteiger partial charge on any atom is -0.354 e. The zero-order valence-corrected chi connectivity index (χ0v) is 17.5. The molecule has 9 heteroatoms. The van der Waals surface area contributed by atoms with Gasteiger partial charge in [0, 0.05) is 12.8 Å². The minimum atomic E-state index is -3.13. The highest BCUT2D eigenvalue weighted by molar-refractivity contribution is 7.90. The van der Waals surface area contributed by atoms with E-state index >= 15 is 0 Å². The number of sulfone groups is 1. The Morgan fingerprint density at radius 1 is 1.00 bits per heavy atom. The summed E-state index contributed by atoms with van der Waals surface area (Å²) in [5.74, 6) is -0.881. The number of hydrogen-bond acceptors (Lipinski definition) is 6. The van der Waals surface area contributed by atoms with Crippen LogP contribution in [0.25, 0.3) is 21.3 Å². The maximum Gasteiger partial charge on any atom is 0.239 e. The lowest BCUT2D eigenvalue weighted by atomic mass is 10.1. The summed E-state index contributed by atoms with van der Waals surface area (Å²) in [5.41, 5.74) is 3.03. The molecule has 0 bridgehead atoms. The molecule has 0 fully saturated rings. The van der Waals surface area contributed by atoms with E-state index in [0.29, 0.717) is 5.01 Å². The van der Waals surface area contributed by atoms with E-state index < -0.39 is 15.7 Å². The first-order valence-corrected chi connectivity index (χ1v) is 11.8. The van der Waals surface area contributed by atoms with E-state index in [-0.39, 0.29) is 31.2 Å². The number of rotatable bonds is 8. The summed E-state index contributed by atoms with van der Waals surface area (Å²) in [6.07, 6.45) is 1.18. The number of carbonyl (C=O) groups is 2. The van der Waals surface area contributed by atoms with Crippen molar-refractivity contribution in [2.45, 2.75) is 6.42 Å². The van der Waals surface area contributed by atoms with Crippen LogP contribution in [0.5, 0.6) is 0 Å². The highest BCUT2D eigenvalue weighted by Gasteiger charge is 2.12. The van der Waals surface area contributed by atoms with Gasteiger partial charge >= 0.3 is 0 Å². The van der Waals surface area contributed by atoms with Gasteiger partial charge in [-0.1, -0.05) is 36.4 Å². The molecule has 152 valence electrons. The number of amides is 2. The Morgan fingerprint density at radius 2 is 1.76 bits per heavy atom. The summed E-state index contributed by atoms with van der Waals surface area (Å²) in [6, 6.07) is 16.0. The predicted octanol–water partition coefficient (Wildman–Crippen LogP) is 1.78. The van der Waals surface area contributed by atoms with Crippen LogP contribution in [0, 0.1) is 0 Å². The van der Waals surface area contributed by atoms with Gasteiger partial charge in [-0.25, -0.2) is 13.4 Å². The molecule has 1 heterocycles. The van der Waals surface area contributed by atoms with E-state index in [4.69, 9.17) is 0 Å². The molecular weight excluding hydrogens is 410 g/mol. The predicted molar refractivity (Wildman–Crippen MR) is 114 cm³/mol. The van der Waals surface area contributed by atoms with Crippen LogP contribution >= 0.6 is 11.3 Å². The Bertz CT molecular complexity index is 1130. The molecule has 0 saturated carbocycles. The van der Waals surface area contributed by atoms with E-state index in [2.05, 4.69) is 21.7 Å². The van der Waals surface area contributed by atoms with Crippen LogP contribution in [-0.4, -0.2) is 50.3 Å². The van der Waals surface area contributed by atoms with Gasteiger partial charge in [-0.3, -0.25) is 9.59 Å². The largest absolute Gasteiger partial charge is 0.354 e. The first-order chi connectivity index (χ1) is 13.8. The van der Waals surface area contributed by atoms with Gasteiger partial charge in [-0.15, -0.1) is 11.3 Å². The van der Waals surface area contributed by atoms with E-state index in [1.807, 2.05) is 42.5 Å². The van der Waals surface area contributed by atoms with Gasteiger partial charge in [0.15, 0.2) is 0 Å². The first kappa shape index (κ1) is 20.9. The van der Waals surface area contributed by atoms with Crippen LogP contribution in [0.15, 0.2) is 48.5 Å². The van der Waals surface area contributed by atoms with Crippen molar-refractivity contribution in [3.8, 4) is 11.1 Å². The van der Waals surface area contributed by atoms with Crippen LogP contribution in [0.4, 0.5) is 0 Å². The molecule has 0 saturated heterocycles. The third-order valence-electron chi connectivity index (χ3n) is 4.09. The lowest BCUT2D eigenvalue weighted by molar-refractivity contribution is -0.125. The number of hydrogen-bond donors (Lipinski definition) is 2. The normalized spacial score (nSPS) is 11.3. The summed E-state index contributed by atoms with van der Waals surface area (Å²) < 4.78 is 23.1. The van der Waals surface area contributed by atoms with Crippen molar-refractivity contribution >= 4 is 43.2 Å². The van der Waals surface area contributed by atoms with Gasteiger partial charge in [0.05, 0.1) is 28.9 Å². The highest BCUT2D eigenvalue weighted by atomic mass is 32.2. The standard InChI is InChI=1S/C20H21N3O4S2/c1-29(26,27)10-9-21-19(25)13-22-18(24)12-20-23-16-8-7-15(11-17(16)28-20)14-5-3-2-4-6-14/h2-8,11H,9-10,12-13H2,1H3,(H,21,25)(H,22,24). The molecule has 2 aromatic carbocycles. The molecule has 3 rings (SSSR count). The van der Waals surface area contributed by atoms with Crippen LogP contribution in [0.3, 0.4) is 0 Å². The molecule has 3 aromatic rings. The summed E-state index contributed by atoms with van der Waals surface area (Å²) >= 11 is 1.45. The van der Waals surface area contributed by atoms with E-state index in [1.165, 1.54) is 11.3 Å². The fourth-order valence-corrected chi connectivity index (χ4v) is 4.15. The SMILES string of the molecule is CS(=O)(=O)CCNC(=O)CNC(=O)Cc1nc2ccc(-c3ccccc3)cc2s1. The van der Waals surface area contributed by atoms with E-state index in [9.17, 15) is 18.0 Å². The van der Waals surface area contributed by atoms with Crippen molar-refractivity contribution in [1.82, 2.24) is 15.6 Å². The smallest absolute Gasteiger partial charge is 0.239 e. The Kier molecular flexibility index (Phi) is 6.60. The molecule has 1 aromatic heterocycles. The van der Waals surface area contributed by atoms with Gasteiger partial charge in [-0.2, -0.15) is 0 Å². The first-order valence-electron chi connectivity index (χ1n) is 8.96. The second kappa shape index (κ2) is 9.15. The molecule has 0 radical (unpaired) electrons. The molecule has 0 aliphatic rings. The van der Waals surface area contributed by atoms with Crippen molar-refractivity contribution in [2.75, 3.05) is 25.1 Å². The topological polar surface area (TPSA) is 105 Å². The van der Waals surface area contributed by atoms with E-state index in [0.717, 1.165) is 27.6 Å². The maximum atomic E-state index is 12.1. The van der Waals surface area contributed by atoms with Gasteiger partial charge in [-0.05, 0) is 23.3 Å². The van der Waals surface area contributed by atoms with Gasteiger partial charge in [0.1, 0.15) is 14.8 Å². The molecule has 2 amide bonds. The molecule has 0 spiro atoms. The van der Waals surface area contributed by atoms with Crippen LogP contribution in [0.1, 0.15) is 5.01 Å². The van der Waals surface area contributed by atoms with Crippen molar-refractivity contribution in [3.05, 3.63) is 53.5 Å². The van der Waals surface area contributed by atoms with Crippen LogP contribution < -0.4 is 10.6 Å². The number of nitrogens with zero attached hydrogens (tertiary/aromatic N) is 1. The zero-order chi connectivity index (χ0) is 20.9. The molecular formula is C20H21N3O4S2. The summed E-state index contributed by atoms with van der Waals surface area (Å²) in [6.45, 7) is -0.180. The monoisotopic (exact) mass is 431 g/mol. The van der Waals surface area contributed by atoms with Gasteiger partial charge in [0.2, 0.25) is 11.8 Å². The summed E-state index contributed by atoms with van der Waals surface area (Å²) in [7, 11) is -3.13. The lowest BCUT2D eigenvalue weighted by Crippen LogP contribution is -2.39. The lowest BCUT2D eigenvalue weighted by Gasteiger charge is -2.05. The Morgan fingerprint density at radius 3 is 2.48 bits per heavy atom. The number of aromatic nitrogens is 1. The number of carbonyl (C=O) groups excluding carboxylic acids is 2.